The molecule has 2 N–H and O–H groups in total. The molecule has 0 radical (unpaired) electrons. The molecular formula is C16H16ClN3O3. The van der Waals surface area contributed by atoms with Crippen LogP contribution in [0.25, 0.3) is 0 Å². The minimum atomic E-state index is -0.704. The number of likely N-dealkylation sites (tertiary alicyclic amines) is 1. The maximum absolute atomic E-state index is 12.7. The van der Waals surface area contributed by atoms with Gasteiger partial charge >= 0.3 is 0 Å². The van der Waals surface area contributed by atoms with Crippen molar-refractivity contribution in [2.24, 2.45) is 17.1 Å². The molecule has 0 aliphatic carbocycles. The van der Waals surface area contributed by atoms with Crippen LogP contribution in [-0.2, 0) is 9.53 Å². The van der Waals surface area contributed by atoms with E-state index in [0.717, 1.165) is 0 Å². The molecule has 1 aromatic carbocycles. The Bertz CT molecular complexity index is 715. The van der Waals surface area contributed by atoms with Crippen molar-refractivity contribution in [3.05, 3.63) is 34.3 Å². The number of hydrogen-bond donors (Lipinski definition) is 1. The van der Waals surface area contributed by atoms with Crippen LogP contribution in [0, 0.1) is 22.7 Å². The van der Waals surface area contributed by atoms with Gasteiger partial charge in [-0.25, -0.2) is 0 Å². The van der Waals surface area contributed by atoms with Crippen LogP contribution in [0.1, 0.15) is 22.3 Å². The first-order valence-electron chi connectivity index (χ1n) is 7.34. The molecule has 6 nitrogen and oxygen atoms in total. The van der Waals surface area contributed by atoms with Gasteiger partial charge in [-0.1, -0.05) is 11.6 Å². The zero-order valence-electron chi connectivity index (χ0n) is 12.4. The third kappa shape index (κ3) is 2.56. The maximum atomic E-state index is 12.7. The molecule has 0 unspecified atom stereocenters. The van der Waals surface area contributed by atoms with E-state index in [1.165, 1.54) is 12.1 Å². The first-order chi connectivity index (χ1) is 11.0. The van der Waals surface area contributed by atoms with Crippen molar-refractivity contribution in [3.63, 3.8) is 0 Å². The lowest BCUT2D eigenvalue weighted by atomic mass is 9.74. The molecule has 0 aromatic heterocycles. The zero-order chi connectivity index (χ0) is 16.6. The van der Waals surface area contributed by atoms with Gasteiger partial charge in [-0.15, -0.1) is 0 Å². The molecule has 2 aliphatic rings. The highest BCUT2D eigenvalue weighted by molar-refractivity contribution is 6.32. The molecule has 2 fully saturated rings. The van der Waals surface area contributed by atoms with Crippen molar-refractivity contribution in [1.82, 2.24) is 4.90 Å². The van der Waals surface area contributed by atoms with Crippen molar-refractivity contribution in [2.45, 2.75) is 6.42 Å². The Hall–Kier alpha value is -2.10. The summed E-state index contributed by atoms with van der Waals surface area (Å²) in [6.07, 6.45) is 0.533. The number of primary amides is 1. The van der Waals surface area contributed by atoms with Crippen LogP contribution >= 0.6 is 11.6 Å². The van der Waals surface area contributed by atoms with E-state index in [1.807, 2.05) is 6.07 Å². The number of hydrogen-bond acceptors (Lipinski definition) is 4. The van der Waals surface area contributed by atoms with Crippen LogP contribution in [0.15, 0.2) is 18.2 Å². The van der Waals surface area contributed by atoms with Gasteiger partial charge in [0.15, 0.2) is 0 Å². The molecule has 2 atom stereocenters. The van der Waals surface area contributed by atoms with Gasteiger partial charge in [-0.05, 0) is 24.6 Å². The molecule has 1 aromatic rings. The minimum absolute atomic E-state index is 0.0773. The normalized spacial score (nSPS) is 26.4. The summed E-state index contributed by atoms with van der Waals surface area (Å²) in [5.41, 5.74) is 5.63. The fourth-order valence-electron chi connectivity index (χ4n) is 3.43. The Morgan fingerprint density at radius 1 is 1.48 bits per heavy atom. The summed E-state index contributed by atoms with van der Waals surface area (Å²) in [6.45, 7) is 1.64. The van der Waals surface area contributed by atoms with Crippen LogP contribution in [0.4, 0.5) is 0 Å². The van der Waals surface area contributed by atoms with Gasteiger partial charge in [-0.2, -0.15) is 5.26 Å². The van der Waals surface area contributed by atoms with Gasteiger partial charge in [-0.3, -0.25) is 9.59 Å². The highest BCUT2D eigenvalue weighted by atomic mass is 35.5. The number of fused-ring (bicyclic) bond motifs is 1. The first-order valence-corrected chi connectivity index (χ1v) is 7.72. The van der Waals surface area contributed by atoms with Crippen LogP contribution in [0.2, 0.25) is 5.02 Å². The molecule has 0 saturated carbocycles. The molecule has 2 amide bonds. The highest BCUT2D eigenvalue weighted by Gasteiger charge is 2.53. The predicted octanol–water partition coefficient (Wildman–Crippen LogP) is 1.18. The number of amides is 2. The van der Waals surface area contributed by atoms with Crippen LogP contribution in [-0.4, -0.2) is 43.0 Å². The van der Waals surface area contributed by atoms with Gasteiger partial charge in [0, 0.05) is 31.2 Å². The van der Waals surface area contributed by atoms with Gasteiger partial charge in [0.25, 0.3) is 5.91 Å². The van der Waals surface area contributed by atoms with Gasteiger partial charge in [0.2, 0.25) is 5.91 Å². The Morgan fingerprint density at radius 2 is 2.26 bits per heavy atom. The van der Waals surface area contributed by atoms with Gasteiger partial charge in [0.05, 0.1) is 22.6 Å². The molecule has 0 bridgehead atoms. The number of nitrogens with two attached hydrogens (primary N) is 1. The van der Waals surface area contributed by atoms with Crippen LogP contribution in [0.5, 0.6) is 0 Å². The lowest BCUT2D eigenvalue weighted by Crippen LogP contribution is -2.48. The number of carbonyl (C=O) groups excluding carboxylic acids is 2. The van der Waals surface area contributed by atoms with Crippen molar-refractivity contribution in [2.75, 3.05) is 26.3 Å². The number of ether oxygens (including phenoxy) is 1. The van der Waals surface area contributed by atoms with Gasteiger partial charge in [0.1, 0.15) is 6.07 Å². The summed E-state index contributed by atoms with van der Waals surface area (Å²) in [5.74, 6) is -0.670. The quantitative estimate of drug-likeness (QED) is 0.878. The standard InChI is InChI=1S/C16H16ClN3O3/c17-13-5-10(1-2-11(13)6-18)14(21)20-7-12-8-23-4-3-16(12,9-20)15(19)22/h1-2,5,12H,3-4,7-9H2,(H2,19,22)/t12-,16+/m1/s1. The van der Waals surface area contributed by atoms with Crippen molar-refractivity contribution in [3.8, 4) is 6.07 Å². The fourth-order valence-corrected chi connectivity index (χ4v) is 3.65. The number of benzene rings is 1. The van der Waals surface area contributed by atoms with E-state index in [4.69, 9.17) is 27.3 Å². The monoisotopic (exact) mass is 333 g/mol. The molecule has 7 heteroatoms. The molecule has 120 valence electrons. The fraction of sp³-hybridized carbons (Fsp3) is 0.438. The van der Waals surface area contributed by atoms with E-state index >= 15 is 0 Å². The van der Waals surface area contributed by atoms with Crippen LogP contribution in [0.3, 0.4) is 0 Å². The minimum Gasteiger partial charge on any atom is -0.381 e. The Balaban J connectivity index is 1.86. The van der Waals surface area contributed by atoms with Crippen molar-refractivity contribution < 1.29 is 14.3 Å². The zero-order valence-corrected chi connectivity index (χ0v) is 13.2. The lowest BCUT2D eigenvalue weighted by molar-refractivity contribution is -0.135. The Kier molecular flexibility index (Phi) is 4.00. The summed E-state index contributed by atoms with van der Waals surface area (Å²) < 4.78 is 5.44. The topological polar surface area (TPSA) is 96.4 Å². The van der Waals surface area contributed by atoms with Crippen molar-refractivity contribution in [1.29, 1.82) is 5.26 Å². The van der Waals surface area contributed by atoms with E-state index in [2.05, 4.69) is 0 Å². The van der Waals surface area contributed by atoms with Crippen LogP contribution < -0.4 is 5.73 Å². The predicted molar refractivity (Wildman–Crippen MR) is 82.6 cm³/mol. The summed E-state index contributed by atoms with van der Waals surface area (Å²) in [5, 5.41) is 9.14. The number of carbonyl (C=O) groups is 2. The molecule has 2 heterocycles. The largest absolute Gasteiger partial charge is 0.381 e. The average molecular weight is 334 g/mol. The summed E-state index contributed by atoms with van der Waals surface area (Å²) in [7, 11) is 0. The SMILES string of the molecule is N#Cc1ccc(C(=O)N2C[C@@H]3COCC[C@]3(C(N)=O)C2)cc1Cl. The number of halogens is 1. The first kappa shape index (κ1) is 15.8. The third-order valence-electron chi connectivity index (χ3n) is 4.82. The van der Waals surface area contributed by atoms with E-state index in [9.17, 15) is 9.59 Å². The van der Waals surface area contributed by atoms with E-state index < -0.39 is 5.41 Å². The third-order valence-corrected chi connectivity index (χ3v) is 5.13. The number of nitriles is 1. The Labute approximate surface area is 138 Å². The van der Waals surface area contributed by atoms with Gasteiger partial charge < -0.3 is 15.4 Å². The molecule has 0 spiro atoms. The molecule has 3 rings (SSSR count). The smallest absolute Gasteiger partial charge is 0.253 e. The highest BCUT2D eigenvalue weighted by Crippen LogP contribution is 2.42. The van der Waals surface area contributed by atoms with E-state index in [-0.39, 0.29) is 22.8 Å². The number of rotatable bonds is 2. The molecule has 2 saturated heterocycles. The number of nitrogens with zero attached hydrogens (tertiary/aromatic N) is 2. The van der Waals surface area contributed by atoms with Crippen molar-refractivity contribution >= 4 is 23.4 Å². The molecular weight excluding hydrogens is 318 g/mol. The Morgan fingerprint density at radius 3 is 2.87 bits per heavy atom. The second kappa shape index (κ2) is 5.84. The second-order valence-electron chi connectivity index (χ2n) is 6.03. The molecule has 2 aliphatic heterocycles. The second-order valence-corrected chi connectivity index (χ2v) is 6.44. The van der Waals surface area contributed by atoms with E-state index in [1.54, 1.807) is 11.0 Å². The summed E-state index contributed by atoms with van der Waals surface area (Å²) in [6, 6.07) is 6.53. The lowest BCUT2D eigenvalue weighted by Gasteiger charge is -2.34. The maximum Gasteiger partial charge on any atom is 0.253 e. The summed E-state index contributed by atoms with van der Waals surface area (Å²) >= 11 is 5.99. The van der Waals surface area contributed by atoms with E-state index in [0.29, 0.717) is 43.9 Å². The average Bonchev–Trinajstić information content (AvgIpc) is 2.95. The summed E-state index contributed by atoms with van der Waals surface area (Å²) in [4.78, 5) is 26.3. The molecule has 23 heavy (non-hydrogen) atoms.